The minimum absolute atomic E-state index is 0.0417. The molecule has 1 aromatic heterocycles. The summed E-state index contributed by atoms with van der Waals surface area (Å²) in [6.45, 7) is 0. The van der Waals surface area contributed by atoms with Crippen LogP contribution >= 0.6 is 23.2 Å². The van der Waals surface area contributed by atoms with E-state index in [9.17, 15) is 0 Å². The normalized spacial score (nSPS) is 8.76. The average Bonchev–Trinajstić information content (AvgIpc) is 2.30. The number of benzene rings is 1. The van der Waals surface area contributed by atoms with Crippen LogP contribution in [0.1, 0.15) is 5.56 Å². The maximum atomic E-state index is 8.89. The zero-order chi connectivity index (χ0) is 12.7. The molecule has 4 nitrogen and oxygen atoms in total. The number of aromatic nitrogens is 2. The first-order valence-electron chi connectivity index (χ1n) is 4.44. The third-order valence-electron chi connectivity index (χ3n) is 1.62. The monoisotopic (exact) mass is 267 g/mol. The molecule has 0 amide bonds. The fraction of sp³-hybridized carbons (Fsp3) is 0. The second kappa shape index (κ2) is 6.69. The predicted octanol–water partition coefficient (Wildman–Crippen LogP) is 3.05. The summed E-state index contributed by atoms with van der Waals surface area (Å²) in [7, 11) is 0. The van der Waals surface area contributed by atoms with E-state index in [4.69, 9.17) is 33.6 Å². The van der Waals surface area contributed by atoms with Gasteiger partial charge < -0.3 is 5.11 Å². The molecule has 2 aromatic rings. The summed E-state index contributed by atoms with van der Waals surface area (Å²) >= 11 is 10.8. The molecule has 0 unspecified atom stereocenters. The van der Waals surface area contributed by atoms with Crippen LogP contribution < -0.4 is 0 Å². The topological polar surface area (TPSA) is 69.8 Å². The highest BCUT2D eigenvalue weighted by Gasteiger charge is 1.93. The summed E-state index contributed by atoms with van der Waals surface area (Å²) in [6, 6.07) is 9.75. The third kappa shape index (κ3) is 4.68. The number of hydrogen-bond acceptors (Lipinski definition) is 4. The first-order chi connectivity index (χ1) is 8.13. The molecule has 0 atom stereocenters. The number of rotatable bonds is 0. The van der Waals surface area contributed by atoms with E-state index >= 15 is 0 Å². The molecule has 0 aliphatic rings. The third-order valence-corrected chi connectivity index (χ3v) is 2.04. The number of para-hydroxylation sites is 1. The number of phenols is 1. The van der Waals surface area contributed by atoms with Crippen LogP contribution in [0.4, 0.5) is 0 Å². The van der Waals surface area contributed by atoms with Crippen molar-refractivity contribution in [2.75, 3.05) is 0 Å². The molecule has 86 valence electrons. The van der Waals surface area contributed by atoms with Crippen molar-refractivity contribution in [1.29, 1.82) is 5.26 Å². The lowest BCUT2D eigenvalue weighted by molar-refractivity contribution is 0.473. The molecular weight excluding hydrogens is 261 g/mol. The van der Waals surface area contributed by atoms with Crippen molar-refractivity contribution in [3.05, 3.63) is 52.5 Å². The second-order valence-electron chi connectivity index (χ2n) is 2.79. The maximum Gasteiger partial charge on any atom is 0.133 e. The van der Waals surface area contributed by atoms with Crippen molar-refractivity contribution >= 4 is 23.2 Å². The van der Waals surface area contributed by atoms with Crippen molar-refractivity contribution in [1.82, 2.24) is 9.97 Å². The summed E-state index contributed by atoms with van der Waals surface area (Å²) in [5, 5.41) is 17.9. The summed E-state index contributed by atoms with van der Waals surface area (Å²) in [5.41, 5.74) is 0.317. The van der Waals surface area contributed by atoms with Gasteiger partial charge in [-0.2, -0.15) is 5.26 Å². The van der Waals surface area contributed by atoms with E-state index in [0.29, 0.717) is 15.9 Å². The van der Waals surface area contributed by atoms with Gasteiger partial charge in [0, 0.05) is 6.07 Å². The van der Waals surface area contributed by atoms with E-state index in [1.165, 1.54) is 18.5 Å². The van der Waals surface area contributed by atoms with E-state index in [1.807, 2.05) is 6.07 Å². The number of halogens is 2. The molecule has 17 heavy (non-hydrogen) atoms. The minimum Gasteiger partial charge on any atom is -0.507 e. The SMILES string of the molecule is Clc1cc(Cl)ncn1.N#Cc1ccccc1O. The summed E-state index contributed by atoms with van der Waals surface area (Å²) in [6.07, 6.45) is 1.31. The fourth-order valence-corrected chi connectivity index (χ4v) is 1.23. The Morgan fingerprint density at radius 3 is 2.06 bits per heavy atom. The predicted molar refractivity (Wildman–Crippen MR) is 64.9 cm³/mol. The Bertz CT molecular complexity index is 523. The van der Waals surface area contributed by atoms with Crippen LogP contribution in [0.3, 0.4) is 0 Å². The van der Waals surface area contributed by atoms with Gasteiger partial charge >= 0.3 is 0 Å². The average molecular weight is 268 g/mol. The first-order valence-corrected chi connectivity index (χ1v) is 5.20. The number of aromatic hydroxyl groups is 1. The van der Waals surface area contributed by atoms with Crippen LogP contribution in [-0.4, -0.2) is 15.1 Å². The molecule has 0 fully saturated rings. The molecule has 0 aliphatic heterocycles. The lowest BCUT2D eigenvalue weighted by Gasteiger charge is -1.89. The molecule has 0 bridgehead atoms. The van der Waals surface area contributed by atoms with Gasteiger partial charge in [0.1, 0.15) is 28.5 Å². The standard InChI is InChI=1S/C7H5NO.C4H2Cl2N2/c8-5-6-3-1-2-4-7(6)9;5-3-1-4(6)8-2-7-3/h1-4,9H;1-2H. The molecule has 1 heterocycles. The Balaban J connectivity index is 0.000000171. The zero-order valence-corrected chi connectivity index (χ0v) is 10.0. The van der Waals surface area contributed by atoms with Gasteiger partial charge in [-0.3, -0.25) is 0 Å². The number of phenolic OH excluding ortho intramolecular Hbond substituents is 1. The van der Waals surface area contributed by atoms with Gasteiger partial charge in [-0.25, -0.2) is 9.97 Å². The second-order valence-corrected chi connectivity index (χ2v) is 3.57. The van der Waals surface area contributed by atoms with Crippen LogP contribution in [0, 0.1) is 11.3 Å². The Hall–Kier alpha value is -1.83. The summed E-state index contributed by atoms with van der Waals surface area (Å²) < 4.78 is 0. The van der Waals surface area contributed by atoms with Gasteiger partial charge in [0.25, 0.3) is 0 Å². The molecular formula is C11H7Cl2N3O. The number of nitriles is 1. The van der Waals surface area contributed by atoms with Gasteiger partial charge in [0.15, 0.2) is 0 Å². The van der Waals surface area contributed by atoms with Crippen LogP contribution in [-0.2, 0) is 0 Å². The Labute approximate surface area is 108 Å². The summed E-state index contributed by atoms with van der Waals surface area (Å²) in [5.74, 6) is 0.0417. The fourth-order valence-electron chi connectivity index (χ4n) is 0.880. The van der Waals surface area contributed by atoms with E-state index in [1.54, 1.807) is 18.2 Å². The van der Waals surface area contributed by atoms with Gasteiger partial charge in [-0.1, -0.05) is 35.3 Å². The summed E-state index contributed by atoms with van der Waals surface area (Å²) in [4.78, 5) is 7.22. The Morgan fingerprint density at radius 2 is 1.71 bits per heavy atom. The van der Waals surface area contributed by atoms with Crippen molar-refractivity contribution in [2.45, 2.75) is 0 Å². The Kier molecular flexibility index (Phi) is 5.21. The van der Waals surface area contributed by atoms with Crippen molar-refractivity contribution in [2.24, 2.45) is 0 Å². The highest BCUT2D eigenvalue weighted by molar-refractivity contribution is 6.33. The lowest BCUT2D eigenvalue weighted by Crippen LogP contribution is -1.76. The van der Waals surface area contributed by atoms with Gasteiger partial charge in [-0.05, 0) is 12.1 Å². The van der Waals surface area contributed by atoms with Gasteiger partial charge in [-0.15, -0.1) is 0 Å². The van der Waals surface area contributed by atoms with Gasteiger partial charge in [0.05, 0.1) is 5.56 Å². The zero-order valence-electron chi connectivity index (χ0n) is 8.51. The molecule has 0 aliphatic carbocycles. The molecule has 0 saturated carbocycles. The molecule has 2 rings (SSSR count). The quantitative estimate of drug-likeness (QED) is 0.745. The maximum absolute atomic E-state index is 8.89. The Morgan fingerprint density at radius 1 is 1.12 bits per heavy atom. The molecule has 1 aromatic carbocycles. The van der Waals surface area contributed by atoms with Crippen molar-refractivity contribution in [3.8, 4) is 11.8 Å². The first kappa shape index (κ1) is 13.2. The van der Waals surface area contributed by atoms with Crippen LogP contribution in [0.15, 0.2) is 36.7 Å². The van der Waals surface area contributed by atoms with E-state index in [-0.39, 0.29) is 5.75 Å². The molecule has 6 heteroatoms. The molecule has 1 N–H and O–H groups in total. The molecule has 0 radical (unpaired) electrons. The highest BCUT2D eigenvalue weighted by Crippen LogP contribution is 2.12. The number of hydrogen-bond donors (Lipinski definition) is 1. The van der Waals surface area contributed by atoms with Crippen molar-refractivity contribution < 1.29 is 5.11 Å². The number of nitrogens with zero attached hydrogens (tertiary/aromatic N) is 3. The smallest absolute Gasteiger partial charge is 0.133 e. The van der Waals surface area contributed by atoms with Crippen LogP contribution in [0.25, 0.3) is 0 Å². The highest BCUT2D eigenvalue weighted by atomic mass is 35.5. The van der Waals surface area contributed by atoms with E-state index in [2.05, 4.69) is 9.97 Å². The lowest BCUT2D eigenvalue weighted by atomic mass is 10.2. The minimum atomic E-state index is 0.0417. The largest absolute Gasteiger partial charge is 0.507 e. The molecule has 0 spiro atoms. The van der Waals surface area contributed by atoms with E-state index in [0.717, 1.165) is 0 Å². The van der Waals surface area contributed by atoms with E-state index < -0.39 is 0 Å². The van der Waals surface area contributed by atoms with Crippen LogP contribution in [0.5, 0.6) is 5.75 Å². The van der Waals surface area contributed by atoms with Crippen LogP contribution in [0.2, 0.25) is 10.3 Å². The van der Waals surface area contributed by atoms with Gasteiger partial charge in [0.2, 0.25) is 0 Å². The molecule has 0 saturated heterocycles. The van der Waals surface area contributed by atoms with Crippen molar-refractivity contribution in [3.63, 3.8) is 0 Å².